The summed E-state index contributed by atoms with van der Waals surface area (Å²) >= 11 is 3.40. The third-order valence-corrected chi connectivity index (χ3v) is 6.35. The van der Waals surface area contributed by atoms with Crippen LogP contribution in [0.4, 0.5) is 5.69 Å². The molecule has 0 unspecified atom stereocenters. The fraction of sp³-hybridized carbons (Fsp3) is 0.136. The van der Waals surface area contributed by atoms with Gasteiger partial charge in [0.25, 0.3) is 15.9 Å². The van der Waals surface area contributed by atoms with Crippen LogP contribution in [0, 0.1) is 13.8 Å². The Hall–Kier alpha value is -2.64. The van der Waals surface area contributed by atoms with Crippen molar-refractivity contribution < 1.29 is 13.2 Å². The summed E-state index contributed by atoms with van der Waals surface area (Å²) in [6, 6.07) is 19.3. The Morgan fingerprint density at radius 3 is 2.41 bits per heavy atom. The summed E-state index contributed by atoms with van der Waals surface area (Å²) in [5.41, 5.74) is 3.29. The summed E-state index contributed by atoms with van der Waals surface area (Å²) in [4.78, 5) is 12.7. The highest BCUT2D eigenvalue weighted by molar-refractivity contribution is 9.10. The Labute approximate surface area is 179 Å². The van der Waals surface area contributed by atoms with Gasteiger partial charge in [0.2, 0.25) is 0 Å². The number of hydrogen-bond donors (Lipinski definition) is 2. The van der Waals surface area contributed by atoms with Crippen molar-refractivity contribution in [2.75, 3.05) is 4.72 Å². The predicted molar refractivity (Wildman–Crippen MR) is 118 cm³/mol. The first-order valence-electron chi connectivity index (χ1n) is 8.98. The zero-order valence-electron chi connectivity index (χ0n) is 16.1. The molecule has 7 heteroatoms. The number of anilines is 1. The number of benzene rings is 3. The second-order valence-electron chi connectivity index (χ2n) is 6.71. The van der Waals surface area contributed by atoms with Crippen LogP contribution in [0.3, 0.4) is 0 Å². The molecule has 0 aliphatic rings. The number of amides is 1. The van der Waals surface area contributed by atoms with Gasteiger partial charge in [0.1, 0.15) is 0 Å². The van der Waals surface area contributed by atoms with Crippen molar-refractivity contribution in [3.8, 4) is 0 Å². The van der Waals surface area contributed by atoms with Crippen molar-refractivity contribution in [1.82, 2.24) is 5.32 Å². The molecule has 3 aromatic carbocycles. The number of nitrogens with one attached hydrogen (secondary N) is 2. The van der Waals surface area contributed by atoms with E-state index in [0.29, 0.717) is 23.4 Å². The van der Waals surface area contributed by atoms with Crippen molar-refractivity contribution in [3.63, 3.8) is 0 Å². The molecule has 0 aliphatic carbocycles. The van der Waals surface area contributed by atoms with Gasteiger partial charge in [-0.3, -0.25) is 9.52 Å². The van der Waals surface area contributed by atoms with Crippen molar-refractivity contribution >= 4 is 37.5 Å². The van der Waals surface area contributed by atoms with Gasteiger partial charge in [-0.15, -0.1) is 0 Å². The van der Waals surface area contributed by atoms with Gasteiger partial charge in [0, 0.05) is 16.6 Å². The quantitative estimate of drug-likeness (QED) is 0.540. The SMILES string of the molecule is Cc1ccccc1NS(=O)(=O)c1ccc(C)c(C(=O)NCc2cccc(Br)c2)c1. The second kappa shape index (κ2) is 8.80. The summed E-state index contributed by atoms with van der Waals surface area (Å²) in [5, 5.41) is 2.85. The lowest BCUT2D eigenvalue weighted by molar-refractivity contribution is 0.0950. The van der Waals surface area contributed by atoms with Gasteiger partial charge in [-0.05, 0) is 60.9 Å². The summed E-state index contributed by atoms with van der Waals surface area (Å²) in [6.45, 7) is 3.95. The van der Waals surface area contributed by atoms with Gasteiger partial charge in [-0.2, -0.15) is 0 Å². The van der Waals surface area contributed by atoms with E-state index in [2.05, 4.69) is 26.0 Å². The van der Waals surface area contributed by atoms with Gasteiger partial charge < -0.3 is 5.32 Å². The number of hydrogen-bond acceptors (Lipinski definition) is 3. The van der Waals surface area contributed by atoms with Crippen LogP contribution in [0.2, 0.25) is 0 Å². The number of aryl methyl sites for hydroxylation is 2. The monoisotopic (exact) mass is 472 g/mol. The predicted octanol–water partition coefficient (Wildman–Crippen LogP) is 4.80. The third kappa shape index (κ3) is 5.25. The Balaban J connectivity index is 1.81. The molecule has 0 aromatic heterocycles. The minimum absolute atomic E-state index is 0.0407. The molecule has 0 heterocycles. The van der Waals surface area contributed by atoms with E-state index in [1.807, 2.05) is 43.3 Å². The van der Waals surface area contributed by atoms with Gasteiger partial charge in [-0.1, -0.05) is 52.3 Å². The maximum atomic E-state index is 12.8. The van der Waals surface area contributed by atoms with Crippen LogP contribution in [-0.2, 0) is 16.6 Å². The number of halogens is 1. The molecule has 1 amide bonds. The molecule has 0 radical (unpaired) electrons. The second-order valence-corrected chi connectivity index (χ2v) is 9.31. The summed E-state index contributed by atoms with van der Waals surface area (Å²) in [7, 11) is -3.82. The molecule has 0 saturated carbocycles. The number of carbonyl (C=O) groups is 1. The van der Waals surface area contributed by atoms with Crippen LogP contribution in [0.1, 0.15) is 27.0 Å². The Morgan fingerprint density at radius 1 is 0.931 bits per heavy atom. The van der Waals surface area contributed by atoms with Crippen LogP contribution in [0.15, 0.2) is 76.1 Å². The van der Waals surface area contributed by atoms with Crippen molar-refractivity contribution in [3.05, 3.63) is 93.5 Å². The lowest BCUT2D eigenvalue weighted by Crippen LogP contribution is -2.24. The van der Waals surface area contributed by atoms with Crippen molar-refractivity contribution in [2.45, 2.75) is 25.3 Å². The molecule has 0 bridgehead atoms. The third-order valence-electron chi connectivity index (χ3n) is 4.50. The topological polar surface area (TPSA) is 75.3 Å². The molecule has 5 nitrogen and oxygen atoms in total. The van der Waals surface area contributed by atoms with E-state index in [4.69, 9.17) is 0 Å². The molecule has 0 fully saturated rings. The van der Waals surface area contributed by atoms with Gasteiger partial charge >= 0.3 is 0 Å². The molecule has 3 rings (SSSR count). The van der Waals surface area contributed by atoms with Gasteiger partial charge in [0.15, 0.2) is 0 Å². The van der Waals surface area contributed by atoms with Crippen molar-refractivity contribution in [1.29, 1.82) is 0 Å². The van der Waals surface area contributed by atoms with Crippen LogP contribution in [0.5, 0.6) is 0 Å². The molecular weight excluding hydrogens is 452 g/mol. The highest BCUT2D eigenvalue weighted by Crippen LogP contribution is 2.21. The molecule has 2 N–H and O–H groups in total. The average Bonchev–Trinajstić information content (AvgIpc) is 2.68. The Kier molecular flexibility index (Phi) is 6.39. The zero-order valence-corrected chi connectivity index (χ0v) is 18.5. The van der Waals surface area contributed by atoms with Crippen LogP contribution >= 0.6 is 15.9 Å². The lowest BCUT2D eigenvalue weighted by Gasteiger charge is -2.13. The summed E-state index contributed by atoms with van der Waals surface area (Å²) in [5.74, 6) is -0.324. The maximum absolute atomic E-state index is 12.8. The molecular formula is C22H21BrN2O3S. The lowest BCUT2D eigenvalue weighted by atomic mass is 10.1. The normalized spacial score (nSPS) is 11.1. The number of para-hydroxylation sites is 1. The first-order valence-corrected chi connectivity index (χ1v) is 11.3. The molecule has 0 atom stereocenters. The van der Waals surface area contributed by atoms with E-state index in [1.165, 1.54) is 12.1 Å². The molecule has 0 aliphatic heterocycles. The highest BCUT2D eigenvalue weighted by atomic mass is 79.9. The first-order chi connectivity index (χ1) is 13.8. The standard InChI is InChI=1S/C22H21BrN2O3S/c1-15-10-11-19(29(27,28)25-21-9-4-3-6-16(21)2)13-20(15)22(26)24-14-17-7-5-8-18(23)12-17/h3-13,25H,14H2,1-2H3,(H,24,26). The number of carbonyl (C=O) groups excluding carboxylic acids is 1. The number of rotatable bonds is 6. The highest BCUT2D eigenvalue weighted by Gasteiger charge is 2.19. The Morgan fingerprint density at radius 2 is 1.69 bits per heavy atom. The smallest absolute Gasteiger partial charge is 0.261 e. The molecule has 0 spiro atoms. The van der Waals surface area contributed by atoms with Crippen LogP contribution < -0.4 is 10.0 Å². The molecule has 3 aromatic rings. The molecule has 29 heavy (non-hydrogen) atoms. The zero-order chi connectivity index (χ0) is 21.0. The average molecular weight is 473 g/mol. The largest absolute Gasteiger partial charge is 0.348 e. The Bertz CT molecular complexity index is 1160. The minimum Gasteiger partial charge on any atom is -0.348 e. The fourth-order valence-corrected chi connectivity index (χ4v) is 4.43. The first kappa shape index (κ1) is 21.1. The van der Waals surface area contributed by atoms with Gasteiger partial charge in [0.05, 0.1) is 10.6 Å². The maximum Gasteiger partial charge on any atom is 0.261 e. The summed E-state index contributed by atoms with van der Waals surface area (Å²) < 4.78 is 29.1. The minimum atomic E-state index is -3.82. The van der Waals surface area contributed by atoms with Crippen LogP contribution in [0.25, 0.3) is 0 Å². The van der Waals surface area contributed by atoms with E-state index >= 15 is 0 Å². The van der Waals surface area contributed by atoms with E-state index in [1.54, 1.807) is 25.1 Å². The van der Waals surface area contributed by atoms with E-state index in [9.17, 15) is 13.2 Å². The summed E-state index contributed by atoms with van der Waals surface area (Å²) in [6.07, 6.45) is 0. The van der Waals surface area contributed by atoms with E-state index < -0.39 is 10.0 Å². The fourth-order valence-electron chi connectivity index (χ4n) is 2.83. The van der Waals surface area contributed by atoms with Gasteiger partial charge in [-0.25, -0.2) is 8.42 Å². The number of sulfonamides is 1. The molecule has 0 saturated heterocycles. The van der Waals surface area contributed by atoms with E-state index in [0.717, 1.165) is 15.6 Å². The molecule has 150 valence electrons. The van der Waals surface area contributed by atoms with Crippen molar-refractivity contribution in [2.24, 2.45) is 0 Å². The van der Waals surface area contributed by atoms with Crippen LogP contribution in [-0.4, -0.2) is 14.3 Å². The van der Waals surface area contributed by atoms with E-state index in [-0.39, 0.29) is 10.8 Å².